The fourth-order valence-electron chi connectivity index (χ4n) is 1.97. The number of halogens is 1. The lowest BCUT2D eigenvalue weighted by Crippen LogP contribution is -2.20. The highest BCUT2D eigenvalue weighted by Crippen LogP contribution is 2.27. The van der Waals surface area contributed by atoms with E-state index in [0.29, 0.717) is 22.7 Å². The van der Waals surface area contributed by atoms with Crippen LogP contribution in [0.15, 0.2) is 41.5 Å². The van der Waals surface area contributed by atoms with E-state index in [-0.39, 0.29) is 17.2 Å². The van der Waals surface area contributed by atoms with E-state index in [2.05, 4.69) is 10.5 Å². The van der Waals surface area contributed by atoms with Crippen LogP contribution in [0.5, 0.6) is 11.5 Å². The van der Waals surface area contributed by atoms with Crippen LogP contribution in [0.2, 0.25) is 5.02 Å². The summed E-state index contributed by atoms with van der Waals surface area (Å²) in [7, 11) is 1.47. The first-order valence-electron chi connectivity index (χ1n) is 7.31. The summed E-state index contributed by atoms with van der Waals surface area (Å²) in [6, 6.07) is 9.43. The smallest absolute Gasteiger partial charge is 0.337 e. The monoisotopic (exact) mass is 377 g/mol. The van der Waals surface area contributed by atoms with Crippen molar-refractivity contribution in [1.29, 1.82) is 0 Å². The lowest BCUT2D eigenvalue weighted by molar-refractivity contribution is -0.119. The molecule has 0 saturated heterocycles. The van der Waals surface area contributed by atoms with Gasteiger partial charge >= 0.3 is 5.97 Å². The fraction of sp³-hybridized carbons (Fsp3) is 0.118. The van der Waals surface area contributed by atoms with Gasteiger partial charge in [0.25, 0.3) is 5.91 Å². The van der Waals surface area contributed by atoms with Crippen LogP contribution in [-0.2, 0) is 4.79 Å². The molecule has 2 aromatic rings. The number of benzene rings is 2. The highest BCUT2D eigenvalue weighted by Gasteiger charge is 2.09. The minimum absolute atomic E-state index is 0.0236. The number of carboxylic acids is 1. The van der Waals surface area contributed by atoms with Crippen LogP contribution >= 0.6 is 11.6 Å². The molecule has 8 nitrogen and oxygen atoms in total. The van der Waals surface area contributed by atoms with Crippen molar-refractivity contribution >= 4 is 35.4 Å². The quantitative estimate of drug-likeness (QED) is 0.479. The molecule has 0 aliphatic heterocycles. The summed E-state index contributed by atoms with van der Waals surface area (Å²) in [6.07, 6.45) is 1.51. The minimum atomic E-state index is -1.13. The lowest BCUT2D eigenvalue weighted by Gasteiger charge is -2.09. The van der Waals surface area contributed by atoms with Gasteiger partial charge in [0, 0.05) is 0 Å². The highest BCUT2D eigenvalue weighted by atomic mass is 35.5. The number of nitrogens with one attached hydrogen (secondary N) is 1. The first-order chi connectivity index (χ1) is 12.4. The zero-order valence-electron chi connectivity index (χ0n) is 13.7. The third-order valence-corrected chi connectivity index (χ3v) is 3.49. The van der Waals surface area contributed by atoms with E-state index in [1.54, 1.807) is 24.3 Å². The Balaban J connectivity index is 2.09. The molecule has 26 heavy (non-hydrogen) atoms. The molecule has 0 aromatic heterocycles. The largest absolute Gasteiger partial charge is 0.493 e. The highest BCUT2D eigenvalue weighted by molar-refractivity contribution is 6.33. The Hall–Kier alpha value is -3.26. The molecule has 0 spiro atoms. The normalized spacial score (nSPS) is 10.5. The van der Waals surface area contributed by atoms with E-state index in [1.807, 2.05) is 0 Å². The van der Waals surface area contributed by atoms with E-state index in [0.717, 1.165) is 0 Å². The maximum Gasteiger partial charge on any atom is 0.337 e. The summed E-state index contributed by atoms with van der Waals surface area (Å²) in [6.45, 7) is -0.256. The number of carboxylic acid groups (broad SMARTS) is 1. The Morgan fingerprint density at radius 3 is 2.69 bits per heavy atom. The number of ether oxygens (including phenoxy) is 2. The second kappa shape index (κ2) is 8.72. The van der Waals surface area contributed by atoms with Crippen LogP contribution in [0.25, 0.3) is 0 Å². The number of nitrogens with two attached hydrogens (primary N) is 1. The molecule has 2 rings (SSSR count). The molecule has 0 unspecified atom stereocenters. The molecule has 0 heterocycles. The van der Waals surface area contributed by atoms with Crippen LogP contribution < -0.4 is 20.6 Å². The molecule has 0 bridgehead atoms. The second-order valence-corrected chi connectivity index (χ2v) is 5.44. The molecular formula is C17H16ClN3O5. The van der Waals surface area contributed by atoms with Crippen molar-refractivity contribution < 1.29 is 24.2 Å². The number of amides is 1. The molecule has 0 saturated carbocycles. The molecule has 0 aliphatic rings. The SMILES string of the molecule is COc1cc(/C=N\Nc2ccc(Cl)c(C(=O)O)c2)ccc1OCC(N)=O. The molecule has 1 amide bonds. The van der Waals surface area contributed by atoms with E-state index in [1.165, 1.54) is 25.5 Å². The summed E-state index contributed by atoms with van der Waals surface area (Å²) in [4.78, 5) is 21.8. The van der Waals surface area contributed by atoms with Crippen molar-refractivity contribution in [1.82, 2.24) is 0 Å². The van der Waals surface area contributed by atoms with Gasteiger partial charge in [0.2, 0.25) is 0 Å². The average Bonchev–Trinajstić information content (AvgIpc) is 2.61. The van der Waals surface area contributed by atoms with Crippen LogP contribution in [-0.4, -0.2) is 36.9 Å². The van der Waals surface area contributed by atoms with E-state index < -0.39 is 11.9 Å². The standard InChI is InChI=1S/C17H16ClN3O5/c1-25-15-6-10(2-5-14(15)26-9-16(19)22)8-20-21-11-3-4-13(18)12(7-11)17(23)24/h2-8,21H,9H2,1H3,(H2,19,22)(H,23,24)/b20-8-. The van der Waals surface area contributed by atoms with Gasteiger partial charge in [0.1, 0.15) is 0 Å². The number of hydrogen-bond donors (Lipinski definition) is 3. The predicted octanol–water partition coefficient (Wildman–Crippen LogP) is 2.36. The van der Waals surface area contributed by atoms with Gasteiger partial charge in [-0.05, 0) is 42.0 Å². The minimum Gasteiger partial charge on any atom is -0.493 e. The molecule has 0 atom stereocenters. The van der Waals surface area contributed by atoms with Crippen molar-refractivity contribution in [3.05, 3.63) is 52.5 Å². The van der Waals surface area contributed by atoms with Crippen molar-refractivity contribution in [3.63, 3.8) is 0 Å². The Bertz CT molecular complexity index is 854. The summed E-state index contributed by atoms with van der Waals surface area (Å²) < 4.78 is 10.4. The summed E-state index contributed by atoms with van der Waals surface area (Å²) in [5, 5.41) is 13.2. The van der Waals surface area contributed by atoms with Crippen molar-refractivity contribution in [2.24, 2.45) is 10.8 Å². The number of carbonyl (C=O) groups excluding carboxylic acids is 1. The summed E-state index contributed by atoms with van der Waals surface area (Å²) in [5.74, 6) is -0.931. The molecule has 0 aliphatic carbocycles. The maximum absolute atomic E-state index is 11.1. The number of nitrogens with zero attached hydrogens (tertiary/aromatic N) is 1. The van der Waals surface area contributed by atoms with Gasteiger partial charge in [-0.15, -0.1) is 0 Å². The Morgan fingerprint density at radius 1 is 1.27 bits per heavy atom. The molecule has 0 radical (unpaired) electrons. The summed E-state index contributed by atoms with van der Waals surface area (Å²) in [5.41, 5.74) is 8.90. The van der Waals surface area contributed by atoms with Gasteiger partial charge in [0.15, 0.2) is 18.1 Å². The Labute approximate surface area is 154 Å². The number of rotatable bonds is 8. The first kappa shape index (κ1) is 19.1. The number of carbonyl (C=O) groups is 2. The van der Waals surface area contributed by atoms with Gasteiger partial charge in [0.05, 0.1) is 29.6 Å². The van der Waals surface area contributed by atoms with Gasteiger partial charge in [-0.2, -0.15) is 5.10 Å². The van der Waals surface area contributed by atoms with Crippen LogP contribution in [0.1, 0.15) is 15.9 Å². The zero-order valence-corrected chi connectivity index (χ0v) is 14.5. The third kappa shape index (κ3) is 5.12. The third-order valence-electron chi connectivity index (χ3n) is 3.16. The predicted molar refractivity (Wildman–Crippen MR) is 97.3 cm³/mol. The van der Waals surface area contributed by atoms with Crippen molar-refractivity contribution in [2.45, 2.75) is 0 Å². The fourth-order valence-corrected chi connectivity index (χ4v) is 2.17. The van der Waals surface area contributed by atoms with Gasteiger partial charge in [-0.25, -0.2) is 4.79 Å². The van der Waals surface area contributed by atoms with Crippen molar-refractivity contribution in [3.8, 4) is 11.5 Å². The number of anilines is 1. The average molecular weight is 378 g/mol. The number of hydrogen-bond acceptors (Lipinski definition) is 6. The van der Waals surface area contributed by atoms with Crippen LogP contribution in [0.3, 0.4) is 0 Å². The molecular weight excluding hydrogens is 362 g/mol. The van der Waals surface area contributed by atoms with Crippen molar-refractivity contribution in [2.75, 3.05) is 19.1 Å². The number of methoxy groups -OCH3 is 1. The van der Waals surface area contributed by atoms with E-state index in [9.17, 15) is 9.59 Å². The number of hydrazone groups is 1. The molecule has 2 aromatic carbocycles. The van der Waals surface area contributed by atoms with Gasteiger partial charge in [-0.1, -0.05) is 11.6 Å². The lowest BCUT2D eigenvalue weighted by atomic mass is 10.2. The molecule has 0 fully saturated rings. The zero-order chi connectivity index (χ0) is 19.1. The van der Waals surface area contributed by atoms with Crippen LogP contribution in [0.4, 0.5) is 5.69 Å². The number of aromatic carboxylic acids is 1. The second-order valence-electron chi connectivity index (χ2n) is 5.04. The van der Waals surface area contributed by atoms with Gasteiger partial charge in [-0.3, -0.25) is 10.2 Å². The van der Waals surface area contributed by atoms with Crippen LogP contribution in [0, 0.1) is 0 Å². The topological polar surface area (TPSA) is 123 Å². The van der Waals surface area contributed by atoms with E-state index >= 15 is 0 Å². The summed E-state index contributed by atoms with van der Waals surface area (Å²) >= 11 is 5.81. The Kier molecular flexibility index (Phi) is 6.40. The maximum atomic E-state index is 11.1. The number of primary amides is 1. The molecule has 136 valence electrons. The molecule has 4 N–H and O–H groups in total. The van der Waals surface area contributed by atoms with Gasteiger partial charge < -0.3 is 20.3 Å². The molecule has 9 heteroatoms. The Morgan fingerprint density at radius 2 is 2.04 bits per heavy atom. The first-order valence-corrected chi connectivity index (χ1v) is 7.69. The van der Waals surface area contributed by atoms with E-state index in [4.69, 9.17) is 31.9 Å².